The number of rotatable bonds is 0. The predicted octanol–water partition coefficient (Wildman–Crippen LogP) is 2.18. The van der Waals surface area contributed by atoms with Gasteiger partial charge in [-0.05, 0) is 6.92 Å². The molecule has 0 aromatic carbocycles. The third-order valence-electron chi connectivity index (χ3n) is 0.451. The van der Waals surface area contributed by atoms with E-state index in [0.717, 1.165) is 6.92 Å². The molecular weight excluding hydrogens is 128 g/mol. The Morgan fingerprint density at radius 3 is 1.57 bits per heavy atom. The average Bonchev–Trinajstić information content (AvgIpc) is 1.31. The highest BCUT2D eigenvalue weighted by molar-refractivity contribution is 6.20. The summed E-state index contributed by atoms with van der Waals surface area (Å²) in [5.41, 5.74) is 0. The highest BCUT2D eigenvalue weighted by atomic mass is 35.5. The summed E-state index contributed by atoms with van der Waals surface area (Å²) in [6.07, 6.45) is -4.23. The Hall–Kier alpha value is 0.0800. The van der Waals surface area contributed by atoms with E-state index in [9.17, 15) is 13.2 Å². The van der Waals surface area contributed by atoms with Gasteiger partial charge in [-0.1, -0.05) is 0 Å². The third-order valence-corrected chi connectivity index (χ3v) is 0.698. The van der Waals surface area contributed by atoms with Gasteiger partial charge in [-0.25, -0.2) is 0 Å². The number of halogens is 4. The number of hydrogen-bond acceptors (Lipinski definition) is 0. The molecule has 0 fully saturated rings. The second-order valence-electron chi connectivity index (χ2n) is 1.16. The molecule has 0 aromatic rings. The predicted molar refractivity (Wildman–Crippen MR) is 21.4 cm³/mol. The zero-order chi connectivity index (χ0) is 6.08. The van der Waals surface area contributed by atoms with Gasteiger partial charge in [-0.2, -0.15) is 13.2 Å². The highest BCUT2D eigenvalue weighted by Crippen LogP contribution is 2.23. The first-order valence-electron chi connectivity index (χ1n) is 1.65. The summed E-state index contributed by atoms with van der Waals surface area (Å²) in [7, 11) is 0. The Morgan fingerprint density at radius 1 is 1.43 bits per heavy atom. The van der Waals surface area contributed by atoms with Crippen molar-refractivity contribution in [3.05, 3.63) is 0 Å². The lowest BCUT2D eigenvalue weighted by Crippen LogP contribution is -2.19. The van der Waals surface area contributed by atoms with Crippen LogP contribution in [0.3, 0.4) is 0 Å². The number of hydrogen-bond donors (Lipinski definition) is 0. The molecule has 44 valence electrons. The second kappa shape index (κ2) is 1.90. The van der Waals surface area contributed by atoms with Gasteiger partial charge in [-0.15, -0.1) is 11.6 Å². The van der Waals surface area contributed by atoms with Crippen LogP contribution in [0.5, 0.6) is 0 Å². The quantitative estimate of drug-likeness (QED) is 0.443. The van der Waals surface area contributed by atoms with Gasteiger partial charge in [0.25, 0.3) is 0 Å². The number of alkyl halides is 4. The van der Waals surface area contributed by atoms with Crippen LogP contribution in [-0.4, -0.2) is 11.6 Å². The standard InChI is InChI=1S/C3H4ClF3/c1-2(4)3(5,6)7/h2H,1H3/t2-/m0/s1. The van der Waals surface area contributed by atoms with Crippen LogP contribution in [0.2, 0.25) is 0 Å². The van der Waals surface area contributed by atoms with Crippen LogP contribution in [-0.2, 0) is 0 Å². The Labute approximate surface area is 44.3 Å². The third kappa shape index (κ3) is 2.74. The SMILES string of the molecule is C[C@H](Cl)C(F)(F)F. The van der Waals surface area contributed by atoms with Crippen molar-refractivity contribution < 1.29 is 13.2 Å². The van der Waals surface area contributed by atoms with Crippen LogP contribution in [0, 0.1) is 0 Å². The first-order valence-corrected chi connectivity index (χ1v) is 2.09. The summed E-state index contributed by atoms with van der Waals surface area (Å²) >= 11 is 4.63. The van der Waals surface area contributed by atoms with Crippen molar-refractivity contribution in [2.24, 2.45) is 0 Å². The molecule has 0 bridgehead atoms. The van der Waals surface area contributed by atoms with Crippen LogP contribution in [0.15, 0.2) is 0 Å². The van der Waals surface area contributed by atoms with Crippen LogP contribution in [0.1, 0.15) is 6.92 Å². The minimum absolute atomic E-state index is 0.890. The molecule has 0 saturated heterocycles. The zero-order valence-electron chi connectivity index (χ0n) is 3.59. The van der Waals surface area contributed by atoms with E-state index >= 15 is 0 Å². The van der Waals surface area contributed by atoms with E-state index in [4.69, 9.17) is 0 Å². The van der Waals surface area contributed by atoms with Crippen molar-refractivity contribution in [2.45, 2.75) is 18.5 Å². The molecule has 0 N–H and O–H groups in total. The fourth-order valence-corrected chi connectivity index (χ4v) is 0. The van der Waals surface area contributed by atoms with E-state index < -0.39 is 11.6 Å². The summed E-state index contributed by atoms with van der Waals surface area (Å²) < 4.78 is 33.1. The molecule has 0 heterocycles. The second-order valence-corrected chi connectivity index (χ2v) is 1.81. The fourth-order valence-electron chi connectivity index (χ4n) is 0. The van der Waals surface area contributed by atoms with Gasteiger partial charge in [0.2, 0.25) is 0 Å². The lowest BCUT2D eigenvalue weighted by molar-refractivity contribution is -0.127. The van der Waals surface area contributed by atoms with Gasteiger partial charge in [0.15, 0.2) is 0 Å². The molecule has 0 saturated carbocycles. The van der Waals surface area contributed by atoms with E-state index in [1.807, 2.05) is 0 Å². The van der Waals surface area contributed by atoms with Crippen molar-refractivity contribution in [3.63, 3.8) is 0 Å². The van der Waals surface area contributed by atoms with Gasteiger partial charge < -0.3 is 0 Å². The summed E-state index contributed by atoms with van der Waals surface area (Å²) in [4.78, 5) is 0. The molecule has 4 heteroatoms. The molecule has 0 aromatic heterocycles. The molecule has 0 rings (SSSR count). The smallest absolute Gasteiger partial charge is 0.169 e. The Kier molecular flexibility index (Phi) is 1.92. The van der Waals surface area contributed by atoms with E-state index in [2.05, 4.69) is 11.6 Å². The molecule has 0 spiro atoms. The first kappa shape index (κ1) is 7.08. The molecule has 7 heavy (non-hydrogen) atoms. The minimum Gasteiger partial charge on any atom is -0.169 e. The normalized spacial score (nSPS) is 16.7. The van der Waals surface area contributed by atoms with Crippen molar-refractivity contribution in [1.29, 1.82) is 0 Å². The topological polar surface area (TPSA) is 0 Å². The van der Waals surface area contributed by atoms with Gasteiger partial charge in [0.05, 0.1) is 0 Å². The molecule has 0 amide bonds. The molecule has 0 aliphatic heterocycles. The molecule has 0 aliphatic rings. The fraction of sp³-hybridized carbons (Fsp3) is 1.00. The lowest BCUT2D eigenvalue weighted by atomic mass is 10.5. The van der Waals surface area contributed by atoms with Gasteiger partial charge in [0, 0.05) is 0 Å². The Bertz CT molecular complexity index is 55.7. The first-order chi connectivity index (χ1) is 2.94. The zero-order valence-corrected chi connectivity index (χ0v) is 4.35. The van der Waals surface area contributed by atoms with E-state index in [-0.39, 0.29) is 0 Å². The van der Waals surface area contributed by atoms with E-state index in [1.54, 1.807) is 0 Å². The summed E-state index contributed by atoms with van der Waals surface area (Å²) in [6.45, 7) is 0.890. The van der Waals surface area contributed by atoms with Crippen molar-refractivity contribution in [1.82, 2.24) is 0 Å². The van der Waals surface area contributed by atoms with Crippen LogP contribution in [0.4, 0.5) is 13.2 Å². The minimum atomic E-state index is -4.23. The molecular formula is C3H4ClF3. The monoisotopic (exact) mass is 132 g/mol. The Morgan fingerprint density at radius 2 is 1.57 bits per heavy atom. The molecule has 0 nitrogen and oxygen atoms in total. The highest BCUT2D eigenvalue weighted by Gasteiger charge is 2.33. The summed E-state index contributed by atoms with van der Waals surface area (Å²) in [5.74, 6) is 0. The maximum atomic E-state index is 11.0. The van der Waals surface area contributed by atoms with Crippen molar-refractivity contribution in [2.75, 3.05) is 0 Å². The van der Waals surface area contributed by atoms with Crippen LogP contribution in [0.25, 0.3) is 0 Å². The van der Waals surface area contributed by atoms with E-state index in [1.165, 1.54) is 0 Å². The van der Waals surface area contributed by atoms with E-state index in [0.29, 0.717) is 0 Å². The Balaban J connectivity index is 3.54. The van der Waals surface area contributed by atoms with Gasteiger partial charge >= 0.3 is 6.18 Å². The van der Waals surface area contributed by atoms with Crippen LogP contribution >= 0.6 is 11.6 Å². The van der Waals surface area contributed by atoms with Gasteiger partial charge in [-0.3, -0.25) is 0 Å². The van der Waals surface area contributed by atoms with Crippen molar-refractivity contribution in [3.8, 4) is 0 Å². The maximum Gasteiger partial charge on any atom is 0.404 e. The molecule has 0 radical (unpaired) electrons. The molecule has 1 atom stereocenters. The summed E-state index contributed by atoms with van der Waals surface area (Å²) in [6, 6.07) is 0. The molecule has 0 aliphatic carbocycles. The lowest BCUT2D eigenvalue weighted by Gasteiger charge is -2.05. The average molecular weight is 133 g/mol. The maximum absolute atomic E-state index is 11.0. The molecule has 0 unspecified atom stereocenters. The van der Waals surface area contributed by atoms with Crippen LogP contribution < -0.4 is 0 Å². The van der Waals surface area contributed by atoms with Crippen molar-refractivity contribution >= 4 is 11.6 Å². The van der Waals surface area contributed by atoms with Gasteiger partial charge in [0.1, 0.15) is 5.38 Å². The largest absolute Gasteiger partial charge is 0.404 e. The summed E-state index contributed by atoms with van der Waals surface area (Å²) in [5, 5.41) is -1.73.